The molecule has 0 saturated carbocycles. The first-order valence-corrected chi connectivity index (χ1v) is 7.40. The van der Waals surface area contributed by atoms with Crippen LogP contribution in [0.2, 0.25) is 0 Å². The monoisotopic (exact) mass is 252 g/mol. The maximum atomic E-state index is 3.81. The van der Waals surface area contributed by atoms with E-state index >= 15 is 0 Å². The third-order valence-electron chi connectivity index (χ3n) is 4.74. The van der Waals surface area contributed by atoms with Crippen LogP contribution in [0.3, 0.4) is 0 Å². The highest BCUT2D eigenvalue weighted by molar-refractivity contribution is 5.93. The molecule has 4 rings (SSSR count). The largest absolute Gasteiger partial charge is 0.380 e. The van der Waals surface area contributed by atoms with Crippen LogP contribution in [-0.2, 0) is 0 Å². The number of nitrogens with zero attached hydrogens (tertiary/aromatic N) is 1. The first-order chi connectivity index (χ1) is 9.42. The van der Waals surface area contributed by atoms with Crippen molar-refractivity contribution in [3.63, 3.8) is 0 Å². The maximum Gasteiger partial charge on any atom is 0.0429 e. The van der Waals surface area contributed by atoms with Crippen molar-refractivity contribution in [3.8, 4) is 0 Å². The minimum Gasteiger partial charge on any atom is -0.380 e. The van der Waals surface area contributed by atoms with Gasteiger partial charge in [-0.15, -0.1) is 0 Å². The van der Waals surface area contributed by atoms with Crippen LogP contribution in [0.5, 0.6) is 0 Å². The second kappa shape index (κ2) is 4.53. The molecule has 2 saturated heterocycles. The van der Waals surface area contributed by atoms with Crippen LogP contribution in [-0.4, -0.2) is 30.1 Å². The molecule has 2 heteroatoms. The van der Waals surface area contributed by atoms with Gasteiger partial charge in [0, 0.05) is 29.7 Å². The molecule has 19 heavy (non-hydrogen) atoms. The fraction of sp³-hybridized carbons (Fsp3) is 0.412. The van der Waals surface area contributed by atoms with Gasteiger partial charge in [0.25, 0.3) is 0 Å². The predicted molar refractivity (Wildman–Crippen MR) is 80.6 cm³/mol. The average Bonchev–Trinajstić information content (AvgIpc) is 3.04. The van der Waals surface area contributed by atoms with Crippen molar-refractivity contribution in [2.75, 3.05) is 18.4 Å². The van der Waals surface area contributed by atoms with Crippen molar-refractivity contribution in [2.24, 2.45) is 0 Å². The predicted octanol–water partition coefficient (Wildman–Crippen LogP) is 3.49. The summed E-state index contributed by atoms with van der Waals surface area (Å²) in [6, 6.07) is 16.6. The van der Waals surface area contributed by atoms with E-state index in [0.29, 0.717) is 6.04 Å². The SMILES string of the molecule is c1ccc2c(NC3CCN4CCCC34)cccc2c1. The van der Waals surface area contributed by atoms with Crippen molar-refractivity contribution < 1.29 is 0 Å². The molecule has 0 amide bonds. The van der Waals surface area contributed by atoms with Gasteiger partial charge in [-0.05, 0) is 37.3 Å². The van der Waals surface area contributed by atoms with E-state index in [0.717, 1.165) is 6.04 Å². The fourth-order valence-corrected chi connectivity index (χ4v) is 3.80. The van der Waals surface area contributed by atoms with Crippen molar-refractivity contribution in [2.45, 2.75) is 31.3 Å². The molecule has 1 N–H and O–H groups in total. The third-order valence-corrected chi connectivity index (χ3v) is 4.74. The van der Waals surface area contributed by atoms with Gasteiger partial charge >= 0.3 is 0 Å². The highest BCUT2D eigenvalue weighted by Crippen LogP contribution is 2.32. The van der Waals surface area contributed by atoms with Crippen LogP contribution in [0.25, 0.3) is 10.8 Å². The van der Waals surface area contributed by atoms with Crippen molar-refractivity contribution >= 4 is 16.5 Å². The van der Waals surface area contributed by atoms with E-state index in [1.807, 2.05) is 0 Å². The summed E-state index contributed by atoms with van der Waals surface area (Å²) in [6.45, 7) is 2.57. The first-order valence-electron chi connectivity index (χ1n) is 7.40. The van der Waals surface area contributed by atoms with E-state index in [-0.39, 0.29) is 0 Å². The number of hydrogen-bond donors (Lipinski definition) is 1. The zero-order chi connectivity index (χ0) is 12.7. The Morgan fingerprint density at radius 3 is 2.84 bits per heavy atom. The Balaban J connectivity index is 1.65. The topological polar surface area (TPSA) is 15.3 Å². The van der Waals surface area contributed by atoms with Gasteiger partial charge in [0.15, 0.2) is 0 Å². The van der Waals surface area contributed by atoms with Crippen molar-refractivity contribution in [3.05, 3.63) is 42.5 Å². The zero-order valence-corrected chi connectivity index (χ0v) is 11.2. The summed E-state index contributed by atoms with van der Waals surface area (Å²) in [5, 5.41) is 6.49. The molecule has 2 heterocycles. The second-order valence-electron chi connectivity index (χ2n) is 5.81. The smallest absolute Gasteiger partial charge is 0.0429 e. The lowest BCUT2D eigenvalue weighted by molar-refractivity contribution is 0.318. The molecule has 2 unspecified atom stereocenters. The van der Waals surface area contributed by atoms with Gasteiger partial charge in [0.2, 0.25) is 0 Å². The Labute approximate surface area is 114 Å². The molecule has 0 spiro atoms. The summed E-state index contributed by atoms with van der Waals surface area (Å²) < 4.78 is 0. The lowest BCUT2D eigenvalue weighted by Crippen LogP contribution is -2.33. The summed E-state index contributed by atoms with van der Waals surface area (Å²) >= 11 is 0. The van der Waals surface area contributed by atoms with Gasteiger partial charge in [0.1, 0.15) is 0 Å². The maximum absolute atomic E-state index is 3.81. The molecule has 2 aliphatic heterocycles. The lowest BCUT2D eigenvalue weighted by Gasteiger charge is -2.23. The number of hydrogen-bond acceptors (Lipinski definition) is 2. The lowest BCUT2D eigenvalue weighted by atomic mass is 10.0. The Hall–Kier alpha value is -1.54. The number of anilines is 1. The summed E-state index contributed by atoms with van der Waals surface area (Å²) in [5.41, 5.74) is 1.30. The quantitative estimate of drug-likeness (QED) is 0.880. The van der Waals surface area contributed by atoms with E-state index in [2.05, 4.69) is 52.7 Å². The Morgan fingerprint density at radius 2 is 1.84 bits per heavy atom. The molecular formula is C17H20N2. The van der Waals surface area contributed by atoms with E-state index in [4.69, 9.17) is 0 Å². The molecule has 2 aromatic rings. The van der Waals surface area contributed by atoms with Gasteiger partial charge in [-0.2, -0.15) is 0 Å². The van der Waals surface area contributed by atoms with Crippen molar-refractivity contribution in [1.29, 1.82) is 0 Å². The van der Waals surface area contributed by atoms with Crippen LogP contribution in [0.4, 0.5) is 5.69 Å². The molecule has 98 valence electrons. The van der Waals surface area contributed by atoms with Gasteiger partial charge in [-0.25, -0.2) is 0 Å². The molecule has 0 radical (unpaired) electrons. The van der Waals surface area contributed by atoms with E-state index in [9.17, 15) is 0 Å². The average molecular weight is 252 g/mol. The molecule has 2 aliphatic rings. The summed E-state index contributed by atoms with van der Waals surface area (Å²) in [6.07, 6.45) is 4.02. The Morgan fingerprint density at radius 1 is 0.947 bits per heavy atom. The molecule has 0 aromatic heterocycles. The van der Waals surface area contributed by atoms with Gasteiger partial charge in [0.05, 0.1) is 0 Å². The summed E-state index contributed by atoms with van der Waals surface area (Å²) in [5.74, 6) is 0. The molecule has 2 fully saturated rings. The second-order valence-corrected chi connectivity index (χ2v) is 5.81. The van der Waals surface area contributed by atoms with E-state index in [1.54, 1.807) is 0 Å². The summed E-state index contributed by atoms with van der Waals surface area (Å²) in [4.78, 5) is 2.66. The Bertz CT molecular complexity index is 587. The van der Waals surface area contributed by atoms with Gasteiger partial charge in [-0.3, -0.25) is 4.90 Å². The summed E-state index contributed by atoms with van der Waals surface area (Å²) in [7, 11) is 0. The van der Waals surface area contributed by atoms with E-state index < -0.39 is 0 Å². The molecule has 2 aromatic carbocycles. The first kappa shape index (κ1) is 11.3. The molecule has 0 aliphatic carbocycles. The highest BCUT2D eigenvalue weighted by atomic mass is 15.2. The molecular weight excluding hydrogens is 232 g/mol. The molecule has 2 atom stereocenters. The number of fused-ring (bicyclic) bond motifs is 2. The Kier molecular flexibility index (Phi) is 2.70. The van der Waals surface area contributed by atoms with Crippen LogP contribution in [0, 0.1) is 0 Å². The van der Waals surface area contributed by atoms with Crippen LogP contribution in [0.1, 0.15) is 19.3 Å². The minimum absolute atomic E-state index is 0.633. The van der Waals surface area contributed by atoms with Crippen molar-refractivity contribution in [1.82, 2.24) is 4.90 Å². The van der Waals surface area contributed by atoms with Gasteiger partial charge < -0.3 is 5.32 Å². The molecule has 0 bridgehead atoms. The van der Waals surface area contributed by atoms with E-state index in [1.165, 1.54) is 48.8 Å². The minimum atomic E-state index is 0.633. The fourth-order valence-electron chi connectivity index (χ4n) is 3.80. The zero-order valence-electron chi connectivity index (χ0n) is 11.2. The number of rotatable bonds is 2. The van der Waals surface area contributed by atoms with Crippen LogP contribution < -0.4 is 5.32 Å². The molecule has 2 nitrogen and oxygen atoms in total. The van der Waals surface area contributed by atoms with Crippen LogP contribution in [0.15, 0.2) is 42.5 Å². The standard InChI is InChI=1S/C17H20N2/c1-2-7-14-13(5-1)6-3-8-15(14)18-16-10-12-19-11-4-9-17(16)19/h1-3,5-8,16-18H,4,9-12H2. The number of nitrogens with one attached hydrogen (secondary N) is 1. The highest BCUT2D eigenvalue weighted by Gasteiger charge is 2.37. The van der Waals surface area contributed by atoms with Crippen LogP contribution >= 0.6 is 0 Å². The normalized spacial score (nSPS) is 26.7. The number of benzene rings is 2. The third kappa shape index (κ3) is 1.91. The van der Waals surface area contributed by atoms with Gasteiger partial charge in [-0.1, -0.05) is 36.4 Å².